The predicted octanol–water partition coefficient (Wildman–Crippen LogP) is 7.03. The Bertz CT molecular complexity index is 2030. The first-order chi connectivity index (χ1) is 24.5. The summed E-state index contributed by atoms with van der Waals surface area (Å²) in [6.45, 7) is 3.76. The van der Waals surface area contributed by atoms with Crippen molar-refractivity contribution in [1.29, 1.82) is 0 Å². The molecule has 1 saturated carbocycles. The molecular weight excluding hydrogens is 696 g/mol. The Kier molecular flexibility index (Phi) is 9.75. The van der Waals surface area contributed by atoms with E-state index < -0.39 is 17.5 Å². The van der Waals surface area contributed by atoms with Crippen molar-refractivity contribution in [3.63, 3.8) is 0 Å². The third-order valence-electron chi connectivity index (χ3n) is 10.1. The quantitative estimate of drug-likeness (QED) is 0.158. The number of ether oxygens (including phenoxy) is 3. The van der Waals surface area contributed by atoms with E-state index in [0.717, 1.165) is 46.6 Å². The first-order valence-corrected chi connectivity index (χ1v) is 17.9. The number of methoxy groups -OCH3 is 1. The lowest BCUT2D eigenvalue weighted by Gasteiger charge is -2.21. The van der Waals surface area contributed by atoms with E-state index in [-0.39, 0.29) is 34.8 Å². The van der Waals surface area contributed by atoms with Crippen LogP contribution in [-0.2, 0) is 42.5 Å². The van der Waals surface area contributed by atoms with Crippen LogP contribution in [0.3, 0.4) is 0 Å². The van der Waals surface area contributed by atoms with Gasteiger partial charge in [0.25, 0.3) is 5.91 Å². The van der Waals surface area contributed by atoms with Crippen LogP contribution >= 0.6 is 23.2 Å². The summed E-state index contributed by atoms with van der Waals surface area (Å²) in [6.07, 6.45) is 2.97. The molecule has 0 radical (unpaired) electrons. The minimum absolute atomic E-state index is 0.0353. The molecular formula is C38H40Cl2FN5O5. The van der Waals surface area contributed by atoms with Crippen molar-refractivity contribution in [1.82, 2.24) is 19.8 Å². The van der Waals surface area contributed by atoms with Crippen molar-refractivity contribution in [2.75, 3.05) is 32.6 Å². The molecule has 0 saturated heterocycles. The fourth-order valence-electron chi connectivity index (χ4n) is 7.21. The molecule has 1 aromatic heterocycles. The minimum Gasteiger partial charge on any atom is -0.493 e. The minimum atomic E-state index is -0.818. The highest BCUT2D eigenvalue weighted by Crippen LogP contribution is 2.46. The Labute approximate surface area is 306 Å². The number of hydrogen-bond acceptors (Lipinski definition) is 8. The molecule has 268 valence electrons. The predicted molar refractivity (Wildman–Crippen MR) is 193 cm³/mol. The summed E-state index contributed by atoms with van der Waals surface area (Å²) in [5.41, 5.74) is 5.56. The summed E-state index contributed by atoms with van der Waals surface area (Å²) >= 11 is 13.6. The highest BCUT2D eigenvalue weighted by atomic mass is 35.5. The van der Waals surface area contributed by atoms with Gasteiger partial charge in [-0.2, -0.15) is 0 Å². The number of aromatic nitrogens is 2. The molecule has 2 N–H and O–H groups in total. The van der Waals surface area contributed by atoms with Crippen molar-refractivity contribution in [3.8, 4) is 22.6 Å². The second kappa shape index (κ2) is 14.1. The van der Waals surface area contributed by atoms with Gasteiger partial charge in [0, 0.05) is 56.0 Å². The Morgan fingerprint density at radius 1 is 1.06 bits per heavy atom. The third kappa shape index (κ3) is 6.57. The standard InChI is InChI=1S/C38H40Cl2FN5O5/c1-5-50-30-18-31(33(40)34(41)25(30)19-42-38(15-16-38)37(48)49-4)51-29-13-12-22-21(8-6-9-23(22)29)24-10-7-11-26(32(24)39)44-36(47)35-43-27-20-45(2)17-14-28(27)46(35)3/h6-11,18,29,42H,5,12-17,19-20H2,1-4H3,(H,44,47). The van der Waals surface area contributed by atoms with Crippen molar-refractivity contribution in [3.05, 3.63) is 92.2 Å². The van der Waals surface area contributed by atoms with Gasteiger partial charge in [-0.1, -0.05) is 53.5 Å². The molecule has 3 aliphatic rings. The number of carbonyl (C=O) groups is 2. The van der Waals surface area contributed by atoms with Crippen LogP contribution in [-0.4, -0.2) is 59.2 Å². The van der Waals surface area contributed by atoms with Gasteiger partial charge < -0.3 is 29.0 Å². The molecule has 1 atom stereocenters. The number of rotatable bonds is 11. The number of esters is 1. The normalized spacial score (nSPS) is 17.4. The number of carbonyl (C=O) groups excluding carboxylic acids is 2. The van der Waals surface area contributed by atoms with Gasteiger partial charge in [-0.25, -0.2) is 9.37 Å². The van der Waals surface area contributed by atoms with E-state index in [1.165, 1.54) is 7.11 Å². The molecule has 13 heteroatoms. The van der Waals surface area contributed by atoms with E-state index in [9.17, 15) is 9.59 Å². The summed E-state index contributed by atoms with van der Waals surface area (Å²) in [5.74, 6) is -0.561. The summed E-state index contributed by atoms with van der Waals surface area (Å²) in [5, 5.41) is 6.38. The second-order valence-electron chi connectivity index (χ2n) is 13.4. The summed E-state index contributed by atoms with van der Waals surface area (Å²) in [7, 11) is 5.25. The van der Waals surface area contributed by atoms with Crippen LogP contribution in [0.4, 0.5) is 10.1 Å². The van der Waals surface area contributed by atoms with E-state index in [1.807, 2.05) is 55.9 Å². The Morgan fingerprint density at radius 2 is 1.82 bits per heavy atom. The van der Waals surface area contributed by atoms with Crippen LogP contribution < -0.4 is 20.1 Å². The van der Waals surface area contributed by atoms with Crippen molar-refractivity contribution in [2.45, 2.75) is 63.8 Å². The summed E-state index contributed by atoms with van der Waals surface area (Å²) in [4.78, 5) is 32.5. The lowest BCUT2D eigenvalue weighted by atomic mass is 9.96. The number of benzene rings is 3. The monoisotopic (exact) mass is 735 g/mol. The van der Waals surface area contributed by atoms with Crippen LogP contribution in [0, 0.1) is 5.82 Å². The molecule has 2 heterocycles. The Balaban J connectivity index is 1.12. The fraction of sp³-hybridized carbons (Fsp3) is 0.395. The van der Waals surface area contributed by atoms with Crippen molar-refractivity contribution >= 4 is 40.8 Å². The number of fused-ring (bicyclic) bond motifs is 2. The Morgan fingerprint density at radius 3 is 2.57 bits per heavy atom. The van der Waals surface area contributed by atoms with Crippen molar-refractivity contribution in [2.24, 2.45) is 7.05 Å². The molecule has 10 nitrogen and oxygen atoms in total. The number of nitrogens with zero attached hydrogens (tertiary/aromatic N) is 3. The third-order valence-corrected chi connectivity index (χ3v) is 10.9. The lowest BCUT2D eigenvalue weighted by molar-refractivity contribution is -0.144. The maximum absolute atomic E-state index is 15.9. The van der Waals surface area contributed by atoms with Crippen LogP contribution in [0.15, 0.2) is 42.5 Å². The van der Waals surface area contributed by atoms with Gasteiger partial charge >= 0.3 is 5.97 Å². The molecule has 1 fully saturated rings. The molecule has 1 amide bonds. The zero-order valence-electron chi connectivity index (χ0n) is 29.0. The highest BCUT2D eigenvalue weighted by Gasteiger charge is 2.51. The first-order valence-electron chi connectivity index (χ1n) is 17.1. The molecule has 0 spiro atoms. The SMILES string of the molecule is CCOc1cc(OC2CCc3c(-c4cccc(NC(=O)c5nc6c(n5C)CCN(C)C6)c4Cl)cccc32)c(Cl)c(F)c1CNC1(C(=O)OC)CC1. The zero-order valence-corrected chi connectivity index (χ0v) is 30.5. The van der Waals surface area contributed by atoms with Gasteiger partial charge in [-0.3, -0.25) is 14.9 Å². The molecule has 7 rings (SSSR count). The smallest absolute Gasteiger partial charge is 0.326 e. The number of hydrogen-bond donors (Lipinski definition) is 2. The largest absolute Gasteiger partial charge is 0.493 e. The number of imidazole rings is 1. The molecule has 3 aromatic carbocycles. The van der Waals surface area contributed by atoms with Crippen LogP contribution in [0.1, 0.15) is 71.0 Å². The first kappa shape index (κ1) is 35.3. The van der Waals surface area contributed by atoms with E-state index >= 15 is 4.39 Å². The van der Waals surface area contributed by atoms with Crippen LogP contribution in [0.25, 0.3) is 11.1 Å². The summed E-state index contributed by atoms with van der Waals surface area (Å²) in [6, 6.07) is 13.1. The van der Waals surface area contributed by atoms with E-state index in [4.69, 9.17) is 37.4 Å². The van der Waals surface area contributed by atoms with Gasteiger partial charge in [-0.05, 0) is 62.4 Å². The van der Waals surface area contributed by atoms with Gasteiger partial charge in [0.15, 0.2) is 11.6 Å². The average molecular weight is 737 g/mol. The number of halogens is 3. The van der Waals surface area contributed by atoms with Crippen LogP contribution in [0.2, 0.25) is 10.0 Å². The maximum Gasteiger partial charge on any atom is 0.326 e. The van der Waals surface area contributed by atoms with Gasteiger partial charge in [-0.15, -0.1) is 0 Å². The molecule has 1 unspecified atom stereocenters. The van der Waals surface area contributed by atoms with Gasteiger partial charge in [0.1, 0.15) is 28.2 Å². The zero-order chi connectivity index (χ0) is 36.0. The van der Waals surface area contributed by atoms with Crippen LogP contribution in [0.5, 0.6) is 11.5 Å². The summed E-state index contributed by atoms with van der Waals surface area (Å²) < 4.78 is 34.9. The van der Waals surface area contributed by atoms with Gasteiger partial charge in [0.05, 0.1) is 30.1 Å². The Hall–Kier alpha value is -4.16. The molecule has 1 aliphatic heterocycles. The molecule has 2 aliphatic carbocycles. The number of likely N-dealkylation sites (N-methyl/N-ethyl adjacent to an activating group) is 1. The maximum atomic E-state index is 15.9. The van der Waals surface area contributed by atoms with E-state index in [2.05, 4.69) is 20.5 Å². The van der Waals surface area contributed by atoms with E-state index in [0.29, 0.717) is 61.1 Å². The molecule has 4 aromatic rings. The van der Waals surface area contributed by atoms with Gasteiger partial charge in [0.2, 0.25) is 0 Å². The lowest BCUT2D eigenvalue weighted by Crippen LogP contribution is -2.39. The highest BCUT2D eigenvalue weighted by molar-refractivity contribution is 6.36. The second-order valence-corrected chi connectivity index (χ2v) is 14.1. The number of amides is 1. The fourth-order valence-corrected chi connectivity index (χ4v) is 7.69. The molecule has 51 heavy (non-hydrogen) atoms. The van der Waals surface area contributed by atoms with Crippen molar-refractivity contribution < 1.29 is 28.2 Å². The number of nitrogens with one attached hydrogen (secondary N) is 2. The average Bonchev–Trinajstić information content (AvgIpc) is 3.70. The topological polar surface area (TPSA) is 107 Å². The van der Waals surface area contributed by atoms with E-state index in [1.54, 1.807) is 12.1 Å². The molecule has 0 bridgehead atoms. The number of anilines is 1.